The summed E-state index contributed by atoms with van der Waals surface area (Å²) in [7, 11) is 1.71. The van der Waals surface area contributed by atoms with Gasteiger partial charge in [-0.2, -0.15) is 0 Å². The number of likely N-dealkylation sites (tertiary alicyclic amines) is 1. The fourth-order valence-electron chi connectivity index (χ4n) is 4.38. The molecule has 1 unspecified atom stereocenters. The van der Waals surface area contributed by atoms with Gasteiger partial charge in [-0.15, -0.1) is 0 Å². The van der Waals surface area contributed by atoms with Crippen LogP contribution in [-0.2, 0) is 11.2 Å². The standard InChI is InChI=1S/C24H29BrN2O3/c1-29-21-7-8-23(25)19(16-21)15-18-9-12-26(13-10-18)14-11-22-17-27(24(28)30-22)20-5-3-2-4-6-20/h2-8,16,18,22H,9-15,17H2,1H3. The van der Waals surface area contributed by atoms with E-state index in [4.69, 9.17) is 9.47 Å². The van der Waals surface area contributed by atoms with Crippen molar-refractivity contribution in [2.45, 2.75) is 31.8 Å². The third kappa shape index (κ3) is 5.16. The van der Waals surface area contributed by atoms with Gasteiger partial charge in [0.1, 0.15) is 11.9 Å². The normalized spacial score (nSPS) is 20.4. The Morgan fingerprint density at radius 2 is 1.90 bits per heavy atom. The second kappa shape index (κ2) is 9.84. The van der Waals surface area contributed by atoms with E-state index in [2.05, 4.69) is 33.0 Å². The molecule has 0 spiro atoms. The maximum absolute atomic E-state index is 12.2. The highest BCUT2D eigenvalue weighted by Crippen LogP contribution is 2.29. The van der Waals surface area contributed by atoms with Crippen LogP contribution in [0.25, 0.3) is 0 Å². The minimum Gasteiger partial charge on any atom is -0.497 e. The van der Waals surface area contributed by atoms with Crippen molar-refractivity contribution in [2.75, 3.05) is 38.2 Å². The molecule has 2 aliphatic rings. The highest BCUT2D eigenvalue weighted by atomic mass is 79.9. The van der Waals surface area contributed by atoms with Gasteiger partial charge in [-0.3, -0.25) is 4.90 Å². The van der Waals surface area contributed by atoms with Crippen LogP contribution in [0.15, 0.2) is 53.0 Å². The number of anilines is 1. The number of hydrogen-bond acceptors (Lipinski definition) is 4. The van der Waals surface area contributed by atoms with Gasteiger partial charge in [-0.05, 0) is 80.6 Å². The fourth-order valence-corrected chi connectivity index (χ4v) is 4.79. The number of amides is 1. The van der Waals surface area contributed by atoms with Gasteiger partial charge in [0.15, 0.2) is 0 Å². The fraction of sp³-hybridized carbons (Fsp3) is 0.458. The second-order valence-electron chi connectivity index (χ2n) is 8.19. The van der Waals surface area contributed by atoms with Gasteiger partial charge in [0.25, 0.3) is 0 Å². The van der Waals surface area contributed by atoms with Gasteiger partial charge in [0.2, 0.25) is 0 Å². The molecular formula is C24H29BrN2O3. The summed E-state index contributed by atoms with van der Waals surface area (Å²) in [4.78, 5) is 16.5. The molecule has 2 aromatic carbocycles. The monoisotopic (exact) mass is 472 g/mol. The smallest absolute Gasteiger partial charge is 0.414 e. The first-order chi connectivity index (χ1) is 14.6. The minimum atomic E-state index is -0.228. The van der Waals surface area contributed by atoms with Crippen LogP contribution in [0.2, 0.25) is 0 Å². The molecule has 0 aliphatic carbocycles. The molecule has 0 radical (unpaired) electrons. The number of benzene rings is 2. The van der Waals surface area contributed by atoms with E-state index in [0.29, 0.717) is 12.5 Å². The van der Waals surface area contributed by atoms with Gasteiger partial charge in [0, 0.05) is 16.7 Å². The molecule has 0 aromatic heterocycles. The van der Waals surface area contributed by atoms with Crippen LogP contribution in [0.5, 0.6) is 5.75 Å². The number of para-hydroxylation sites is 1. The molecule has 160 valence electrons. The van der Waals surface area contributed by atoms with Crippen LogP contribution in [0, 0.1) is 5.92 Å². The molecule has 5 nitrogen and oxygen atoms in total. The number of methoxy groups -OCH3 is 1. The van der Waals surface area contributed by atoms with Gasteiger partial charge < -0.3 is 14.4 Å². The summed E-state index contributed by atoms with van der Waals surface area (Å²) in [5, 5.41) is 0. The van der Waals surface area contributed by atoms with Crippen molar-refractivity contribution in [2.24, 2.45) is 5.92 Å². The van der Waals surface area contributed by atoms with Gasteiger partial charge in [-0.1, -0.05) is 34.1 Å². The van der Waals surface area contributed by atoms with E-state index in [-0.39, 0.29) is 12.2 Å². The molecule has 0 bridgehead atoms. The van der Waals surface area contributed by atoms with Crippen LogP contribution >= 0.6 is 15.9 Å². The summed E-state index contributed by atoms with van der Waals surface area (Å²) >= 11 is 3.68. The predicted octanol–water partition coefficient (Wildman–Crippen LogP) is 5.13. The topological polar surface area (TPSA) is 42.0 Å². The molecule has 2 aliphatic heterocycles. The Bertz CT molecular complexity index is 853. The number of halogens is 1. The highest BCUT2D eigenvalue weighted by molar-refractivity contribution is 9.10. The molecule has 2 fully saturated rings. The van der Waals surface area contributed by atoms with Crippen LogP contribution < -0.4 is 9.64 Å². The lowest BCUT2D eigenvalue weighted by Gasteiger charge is -2.32. The molecule has 30 heavy (non-hydrogen) atoms. The summed E-state index contributed by atoms with van der Waals surface area (Å²) in [6.45, 7) is 3.84. The zero-order chi connectivity index (χ0) is 20.9. The number of cyclic esters (lactones) is 1. The summed E-state index contributed by atoms with van der Waals surface area (Å²) in [5.41, 5.74) is 2.24. The average Bonchev–Trinajstić information content (AvgIpc) is 3.16. The van der Waals surface area contributed by atoms with Gasteiger partial charge >= 0.3 is 6.09 Å². The van der Waals surface area contributed by atoms with Crippen molar-refractivity contribution in [1.29, 1.82) is 0 Å². The maximum Gasteiger partial charge on any atom is 0.414 e. The molecule has 2 saturated heterocycles. The minimum absolute atomic E-state index is 0.0248. The maximum atomic E-state index is 12.2. The lowest BCUT2D eigenvalue weighted by Crippen LogP contribution is -2.36. The molecule has 4 rings (SSSR count). The predicted molar refractivity (Wildman–Crippen MR) is 122 cm³/mol. The van der Waals surface area contributed by atoms with Gasteiger partial charge in [-0.25, -0.2) is 4.79 Å². The number of carbonyl (C=O) groups excluding carboxylic acids is 1. The van der Waals surface area contributed by atoms with Crippen LogP contribution in [0.4, 0.5) is 10.5 Å². The molecule has 1 atom stereocenters. The summed E-state index contributed by atoms with van der Waals surface area (Å²) in [5.74, 6) is 1.61. The first kappa shape index (κ1) is 21.2. The lowest BCUT2D eigenvalue weighted by atomic mass is 9.90. The van der Waals surface area contributed by atoms with Crippen molar-refractivity contribution < 1.29 is 14.3 Å². The Balaban J connectivity index is 1.22. The number of nitrogens with zero attached hydrogens (tertiary/aromatic N) is 2. The Hall–Kier alpha value is -2.05. The largest absolute Gasteiger partial charge is 0.497 e. The van der Waals surface area contributed by atoms with Crippen LogP contribution in [0.3, 0.4) is 0 Å². The first-order valence-electron chi connectivity index (χ1n) is 10.7. The van der Waals surface area contributed by atoms with E-state index in [9.17, 15) is 4.79 Å². The molecule has 6 heteroatoms. The van der Waals surface area contributed by atoms with Crippen molar-refractivity contribution in [3.63, 3.8) is 0 Å². The van der Waals surface area contributed by atoms with E-state index < -0.39 is 0 Å². The lowest BCUT2D eigenvalue weighted by molar-refractivity contribution is 0.116. The summed E-state index contributed by atoms with van der Waals surface area (Å²) in [6, 6.07) is 16.0. The van der Waals surface area contributed by atoms with E-state index in [0.717, 1.165) is 48.4 Å². The van der Waals surface area contributed by atoms with Crippen molar-refractivity contribution in [3.05, 3.63) is 58.6 Å². The molecular weight excluding hydrogens is 444 g/mol. The summed E-state index contributed by atoms with van der Waals surface area (Å²) < 4.78 is 12.1. The Morgan fingerprint density at radius 3 is 2.63 bits per heavy atom. The number of hydrogen-bond donors (Lipinski definition) is 0. The first-order valence-corrected chi connectivity index (χ1v) is 11.5. The third-order valence-corrected chi connectivity index (χ3v) is 6.95. The SMILES string of the molecule is COc1ccc(Br)c(CC2CCN(CCC3CN(c4ccccc4)C(=O)O3)CC2)c1. The average molecular weight is 473 g/mol. The van der Waals surface area contributed by atoms with E-state index in [1.807, 2.05) is 36.4 Å². The Labute approximate surface area is 187 Å². The third-order valence-electron chi connectivity index (χ3n) is 6.18. The second-order valence-corrected chi connectivity index (χ2v) is 9.04. The molecule has 2 heterocycles. The van der Waals surface area contributed by atoms with Crippen molar-refractivity contribution >= 4 is 27.7 Å². The quantitative estimate of drug-likeness (QED) is 0.560. The Morgan fingerprint density at radius 1 is 1.13 bits per heavy atom. The number of carbonyl (C=O) groups is 1. The van der Waals surface area contributed by atoms with E-state index >= 15 is 0 Å². The number of rotatable bonds is 7. The van der Waals surface area contributed by atoms with Crippen LogP contribution in [0.1, 0.15) is 24.8 Å². The van der Waals surface area contributed by atoms with Crippen molar-refractivity contribution in [1.82, 2.24) is 4.90 Å². The van der Waals surface area contributed by atoms with Crippen molar-refractivity contribution in [3.8, 4) is 5.75 Å². The number of piperidine rings is 1. The molecule has 0 saturated carbocycles. The van der Waals surface area contributed by atoms with E-state index in [1.54, 1.807) is 12.0 Å². The zero-order valence-corrected chi connectivity index (χ0v) is 19.0. The summed E-state index contributed by atoms with van der Waals surface area (Å²) in [6.07, 6.45) is 4.12. The molecule has 0 N–H and O–H groups in total. The zero-order valence-electron chi connectivity index (χ0n) is 17.4. The molecule has 1 amide bonds. The molecule has 2 aromatic rings. The Kier molecular flexibility index (Phi) is 6.95. The highest BCUT2D eigenvalue weighted by Gasteiger charge is 2.32. The van der Waals surface area contributed by atoms with Crippen LogP contribution in [-0.4, -0.2) is 50.4 Å². The number of ether oxygens (including phenoxy) is 2. The van der Waals surface area contributed by atoms with Gasteiger partial charge in [0.05, 0.1) is 13.7 Å². The van der Waals surface area contributed by atoms with E-state index in [1.165, 1.54) is 18.4 Å².